The molecule has 0 fully saturated rings. The van der Waals surface area contributed by atoms with Crippen LogP contribution in [0.4, 0.5) is 5.69 Å². The minimum atomic E-state index is -0.597. The van der Waals surface area contributed by atoms with Gasteiger partial charge in [0, 0.05) is 5.69 Å². The van der Waals surface area contributed by atoms with E-state index in [9.17, 15) is 9.90 Å². The zero-order valence-electron chi connectivity index (χ0n) is 16.5. The van der Waals surface area contributed by atoms with Crippen LogP contribution in [0.1, 0.15) is 60.1 Å². The van der Waals surface area contributed by atoms with Gasteiger partial charge in [-0.2, -0.15) is 0 Å². The molecule has 6 heteroatoms. The summed E-state index contributed by atoms with van der Waals surface area (Å²) in [6.45, 7) is 5.69. The summed E-state index contributed by atoms with van der Waals surface area (Å²) in [5, 5.41) is 20.7. The summed E-state index contributed by atoms with van der Waals surface area (Å²) < 4.78 is 1.67. The van der Waals surface area contributed by atoms with Crippen LogP contribution in [0.15, 0.2) is 48.5 Å². The third-order valence-electron chi connectivity index (χ3n) is 4.74. The number of anilines is 1. The lowest BCUT2D eigenvalue weighted by molar-refractivity contribution is 0.102. The van der Waals surface area contributed by atoms with Crippen LogP contribution in [-0.2, 0) is 6.42 Å². The van der Waals surface area contributed by atoms with Crippen molar-refractivity contribution in [1.29, 1.82) is 0 Å². The van der Waals surface area contributed by atoms with Gasteiger partial charge in [-0.15, -0.1) is 5.10 Å². The molecule has 0 bridgehead atoms. The lowest BCUT2D eigenvalue weighted by Crippen LogP contribution is -2.14. The third-order valence-corrected chi connectivity index (χ3v) is 4.74. The number of rotatable bonds is 7. The van der Waals surface area contributed by atoms with E-state index in [0.717, 1.165) is 17.7 Å². The first-order valence-electron chi connectivity index (χ1n) is 9.60. The number of aliphatic hydroxyl groups is 1. The van der Waals surface area contributed by atoms with Gasteiger partial charge in [0.25, 0.3) is 5.91 Å². The molecule has 3 rings (SSSR count). The fourth-order valence-electron chi connectivity index (χ4n) is 3.04. The predicted molar refractivity (Wildman–Crippen MR) is 110 cm³/mol. The number of carbonyl (C=O) groups excluding carboxylic acids is 1. The van der Waals surface area contributed by atoms with Gasteiger partial charge in [0.1, 0.15) is 0 Å². The number of aromatic nitrogens is 3. The molecule has 0 spiro atoms. The summed E-state index contributed by atoms with van der Waals surface area (Å²) in [5.74, 6) is -0.328. The van der Waals surface area contributed by atoms with Crippen molar-refractivity contribution in [2.45, 2.75) is 46.1 Å². The Bertz CT molecular complexity index is 945. The average molecular weight is 378 g/mol. The quantitative estimate of drug-likeness (QED) is 0.645. The topological polar surface area (TPSA) is 80.0 Å². The average Bonchev–Trinajstić information content (AvgIpc) is 3.08. The van der Waals surface area contributed by atoms with E-state index in [1.54, 1.807) is 29.8 Å². The number of aryl methyl sites for hydroxylation is 1. The van der Waals surface area contributed by atoms with Gasteiger partial charge >= 0.3 is 0 Å². The van der Waals surface area contributed by atoms with Crippen LogP contribution in [0.5, 0.6) is 0 Å². The van der Waals surface area contributed by atoms with Gasteiger partial charge in [0.05, 0.1) is 17.5 Å². The first-order valence-corrected chi connectivity index (χ1v) is 9.60. The van der Waals surface area contributed by atoms with E-state index >= 15 is 0 Å². The zero-order valence-corrected chi connectivity index (χ0v) is 16.5. The second-order valence-corrected chi connectivity index (χ2v) is 6.96. The van der Waals surface area contributed by atoms with Gasteiger partial charge < -0.3 is 10.4 Å². The molecule has 2 aromatic carbocycles. The Morgan fingerprint density at radius 2 is 1.96 bits per heavy atom. The highest BCUT2D eigenvalue weighted by Gasteiger charge is 2.18. The molecule has 1 heterocycles. The molecule has 2 N–H and O–H groups in total. The van der Waals surface area contributed by atoms with E-state index in [1.807, 2.05) is 25.1 Å². The second kappa shape index (κ2) is 8.80. The summed E-state index contributed by atoms with van der Waals surface area (Å²) in [4.78, 5) is 12.6. The maximum absolute atomic E-state index is 12.6. The van der Waals surface area contributed by atoms with E-state index in [4.69, 9.17) is 0 Å². The fraction of sp³-hybridized carbons (Fsp3) is 0.318. The Labute approximate surface area is 165 Å². The van der Waals surface area contributed by atoms with Gasteiger partial charge in [-0.25, -0.2) is 4.68 Å². The third kappa shape index (κ3) is 4.46. The van der Waals surface area contributed by atoms with Gasteiger partial charge in [-0.3, -0.25) is 4.79 Å². The summed E-state index contributed by atoms with van der Waals surface area (Å²) in [6, 6.07) is 15.3. The van der Waals surface area contributed by atoms with E-state index in [1.165, 1.54) is 18.4 Å². The summed E-state index contributed by atoms with van der Waals surface area (Å²) in [5.41, 5.74) is 4.46. The van der Waals surface area contributed by atoms with Crippen LogP contribution >= 0.6 is 0 Å². The molecule has 6 nitrogen and oxygen atoms in total. The molecule has 28 heavy (non-hydrogen) atoms. The monoisotopic (exact) mass is 378 g/mol. The number of hydrogen-bond donors (Lipinski definition) is 2. The largest absolute Gasteiger partial charge is 0.389 e. The smallest absolute Gasteiger partial charge is 0.278 e. The van der Waals surface area contributed by atoms with Crippen LogP contribution in [0.2, 0.25) is 0 Å². The Morgan fingerprint density at radius 1 is 1.21 bits per heavy atom. The van der Waals surface area contributed by atoms with Crippen molar-refractivity contribution >= 4 is 11.6 Å². The Kier molecular flexibility index (Phi) is 6.21. The molecule has 3 aromatic rings. The number of carbonyl (C=O) groups is 1. The molecule has 0 aliphatic heterocycles. The van der Waals surface area contributed by atoms with Crippen LogP contribution in [0.25, 0.3) is 5.69 Å². The van der Waals surface area contributed by atoms with Crippen molar-refractivity contribution in [1.82, 2.24) is 15.0 Å². The molecule has 0 saturated carbocycles. The fourth-order valence-corrected chi connectivity index (χ4v) is 3.04. The van der Waals surface area contributed by atoms with Crippen molar-refractivity contribution in [2.24, 2.45) is 0 Å². The minimum absolute atomic E-state index is 0.275. The molecular formula is C22H26N4O2. The normalized spacial score (nSPS) is 12.0. The summed E-state index contributed by atoms with van der Waals surface area (Å²) in [7, 11) is 0. The molecule has 1 aromatic heterocycles. The first-order chi connectivity index (χ1) is 13.5. The molecule has 0 unspecified atom stereocenters. The first kappa shape index (κ1) is 19.8. The molecule has 1 amide bonds. The van der Waals surface area contributed by atoms with Gasteiger partial charge in [-0.05, 0) is 62.1 Å². The number of aliphatic hydroxyl groups excluding tert-OH is 1. The highest BCUT2D eigenvalue weighted by atomic mass is 16.3. The van der Waals surface area contributed by atoms with E-state index in [-0.39, 0.29) is 11.6 Å². The van der Waals surface area contributed by atoms with E-state index in [2.05, 4.69) is 34.7 Å². The lowest BCUT2D eigenvalue weighted by atomic mass is 10.1. The van der Waals surface area contributed by atoms with Crippen molar-refractivity contribution in [3.63, 3.8) is 0 Å². The van der Waals surface area contributed by atoms with Crippen LogP contribution in [0, 0.1) is 6.92 Å². The maximum atomic E-state index is 12.6. The SMILES string of the molecule is CCCCc1ccc(-n2nnc(C(=O)Nc3cccc([C@H](C)O)c3)c2C)cc1. The second-order valence-electron chi connectivity index (χ2n) is 6.96. The summed E-state index contributed by atoms with van der Waals surface area (Å²) in [6.07, 6.45) is 2.80. The van der Waals surface area contributed by atoms with E-state index < -0.39 is 6.10 Å². The summed E-state index contributed by atoms with van der Waals surface area (Å²) >= 11 is 0. The maximum Gasteiger partial charge on any atom is 0.278 e. The van der Waals surface area contributed by atoms with Crippen molar-refractivity contribution < 1.29 is 9.90 Å². The molecule has 146 valence electrons. The van der Waals surface area contributed by atoms with Crippen molar-refractivity contribution in [3.05, 3.63) is 71.0 Å². The van der Waals surface area contributed by atoms with Crippen molar-refractivity contribution in [3.8, 4) is 5.69 Å². The number of benzene rings is 2. The Hall–Kier alpha value is -2.99. The highest BCUT2D eigenvalue weighted by molar-refractivity contribution is 6.03. The Morgan fingerprint density at radius 3 is 2.64 bits per heavy atom. The van der Waals surface area contributed by atoms with E-state index in [0.29, 0.717) is 11.4 Å². The Balaban J connectivity index is 1.77. The predicted octanol–water partition coefficient (Wildman–Crippen LogP) is 4.22. The van der Waals surface area contributed by atoms with Crippen LogP contribution < -0.4 is 5.32 Å². The molecule has 0 aliphatic carbocycles. The number of nitrogens with one attached hydrogen (secondary N) is 1. The van der Waals surface area contributed by atoms with Gasteiger partial charge in [-0.1, -0.05) is 42.8 Å². The molecule has 0 saturated heterocycles. The molecule has 0 aliphatic rings. The van der Waals surface area contributed by atoms with Gasteiger partial charge in [0.2, 0.25) is 0 Å². The highest BCUT2D eigenvalue weighted by Crippen LogP contribution is 2.19. The molecule has 0 radical (unpaired) electrons. The standard InChI is InChI=1S/C22H26N4O2/c1-4-5-7-17-10-12-20(13-11-17)26-15(2)21(24-25-26)22(28)23-19-9-6-8-18(14-19)16(3)27/h6,8-14,16,27H,4-5,7H2,1-3H3,(H,23,28)/t16-/m0/s1. The van der Waals surface area contributed by atoms with Crippen molar-refractivity contribution in [2.75, 3.05) is 5.32 Å². The lowest BCUT2D eigenvalue weighted by Gasteiger charge is -2.09. The van der Waals surface area contributed by atoms with Crippen LogP contribution in [0.3, 0.4) is 0 Å². The number of nitrogens with zero attached hydrogens (tertiary/aromatic N) is 3. The number of amides is 1. The van der Waals surface area contributed by atoms with Gasteiger partial charge in [0.15, 0.2) is 5.69 Å². The number of hydrogen-bond acceptors (Lipinski definition) is 4. The zero-order chi connectivity index (χ0) is 20.1. The van der Waals surface area contributed by atoms with Crippen LogP contribution in [-0.4, -0.2) is 26.0 Å². The minimum Gasteiger partial charge on any atom is -0.389 e. The number of unbranched alkanes of at least 4 members (excludes halogenated alkanes) is 1. The molecular weight excluding hydrogens is 352 g/mol. The molecule has 1 atom stereocenters.